The summed E-state index contributed by atoms with van der Waals surface area (Å²) in [5, 5.41) is 13.9. The Hall–Kier alpha value is -1.72. The summed E-state index contributed by atoms with van der Waals surface area (Å²) in [5.41, 5.74) is 6.57. The second-order valence-corrected chi connectivity index (χ2v) is 2.17. The van der Waals surface area contributed by atoms with E-state index in [2.05, 4.69) is 25.4 Å². The van der Waals surface area contributed by atoms with E-state index in [9.17, 15) is 0 Å². The maximum atomic E-state index is 5.47. The first-order valence-corrected chi connectivity index (χ1v) is 3.08. The Bertz CT molecular complexity index is 391. The lowest BCUT2D eigenvalue weighted by atomic mass is 10.5. The summed E-state index contributed by atoms with van der Waals surface area (Å²) < 4.78 is 0. The van der Waals surface area contributed by atoms with Gasteiger partial charge < -0.3 is 5.73 Å². The largest absolute Gasteiger partial charge is 0.380 e. The Kier molecular flexibility index (Phi) is 1.03. The number of nitrogens with one attached hydrogen (secondary N) is 1. The number of rotatable bonds is 0. The molecule has 3 N–H and O–H groups in total. The molecule has 0 bridgehead atoms. The third-order valence-corrected chi connectivity index (χ3v) is 1.32. The van der Waals surface area contributed by atoms with E-state index in [0.717, 1.165) is 0 Å². The van der Waals surface area contributed by atoms with Gasteiger partial charge in [0.25, 0.3) is 0 Å². The fourth-order valence-corrected chi connectivity index (χ4v) is 0.827. The molecule has 2 heterocycles. The van der Waals surface area contributed by atoms with Crippen LogP contribution < -0.4 is 5.73 Å². The normalized spacial score (nSPS) is 10.6. The minimum Gasteiger partial charge on any atom is -0.380 e. The predicted molar refractivity (Wildman–Crippen MR) is 38.6 cm³/mol. The van der Waals surface area contributed by atoms with Crippen LogP contribution in [0.25, 0.3) is 11.2 Å². The van der Waals surface area contributed by atoms with Gasteiger partial charge in [0, 0.05) is 0 Å². The van der Waals surface area contributed by atoms with Crippen molar-refractivity contribution in [2.75, 3.05) is 5.73 Å². The molecule has 0 spiro atoms. The molecule has 0 radical (unpaired) electrons. The van der Waals surface area contributed by atoms with Crippen molar-refractivity contribution >= 4 is 17.0 Å². The molecule has 0 saturated carbocycles. The first kappa shape index (κ1) is 6.02. The standard InChI is InChI=1S/C5H6N6/c1-2-7-3-4(6)9-11-5(3)10-8-2/h1H3,(H3,6,9,10,11). The molecule has 0 fully saturated rings. The molecule has 0 atom stereocenters. The molecule has 0 aromatic carbocycles. The monoisotopic (exact) mass is 150 g/mol. The van der Waals surface area contributed by atoms with Crippen LogP contribution in [0, 0.1) is 6.92 Å². The first-order valence-electron chi connectivity index (χ1n) is 3.08. The van der Waals surface area contributed by atoms with E-state index in [1.54, 1.807) is 6.92 Å². The zero-order chi connectivity index (χ0) is 7.84. The summed E-state index contributed by atoms with van der Waals surface area (Å²) in [6.07, 6.45) is 0. The number of aromatic amines is 1. The quantitative estimate of drug-likeness (QED) is 0.534. The Labute approximate surface area is 61.8 Å². The van der Waals surface area contributed by atoms with Crippen molar-refractivity contribution in [3.8, 4) is 0 Å². The fourth-order valence-electron chi connectivity index (χ4n) is 0.827. The van der Waals surface area contributed by atoms with Gasteiger partial charge in [0.05, 0.1) is 0 Å². The van der Waals surface area contributed by atoms with Gasteiger partial charge >= 0.3 is 0 Å². The minimum absolute atomic E-state index is 0.359. The van der Waals surface area contributed by atoms with Gasteiger partial charge in [-0.1, -0.05) is 0 Å². The molecule has 0 amide bonds. The maximum Gasteiger partial charge on any atom is 0.198 e. The summed E-state index contributed by atoms with van der Waals surface area (Å²) in [5.74, 6) is 0.948. The molecule has 2 aromatic rings. The van der Waals surface area contributed by atoms with Crippen LogP contribution in [-0.4, -0.2) is 25.4 Å². The van der Waals surface area contributed by atoms with E-state index in [0.29, 0.717) is 22.8 Å². The van der Waals surface area contributed by atoms with Gasteiger partial charge in [0.15, 0.2) is 17.0 Å². The van der Waals surface area contributed by atoms with E-state index < -0.39 is 0 Å². The topological polar surface area (TPSA) is 93.4 Å². The zero-order valence-corrected chi connectivity index (χ0v) is 5.87. The Morgan fingerprint density at radius 1 is 1.36 bits per heavy atom. The van der Waals surface area contributed by atoms with Crippen LogP contribution in [0.15, 0.2) is 0 Å². The van der Waals surface area contributed by atoms with E-state index in [-0.39, 0.29) is 0 Å². The van der Waals surface area contributed by atoms with Crippen LogP contribution >= 0.6 is 0 Å². The number of nitrogens with zero attached hydrogens (tertiary/aromatic N) is 4. The SMILES string of the molecule is Cc1nnc2[nH]nc(N)c2n1. The number of hydrogen-bond acceptors (Lipinski definition) is 5. The minimum atomic E-state index is 0.359. The summed E-state index contributed by atoms with van der Waals surface area (Å²) in [7, 11) is 0. The Balaban J connectivity index is 2.87. The van der Waals surface area contributed by atoms with Crippen molar-refractivity contribution in [2.24, 2.45) is 0 Å². The van der Waals surface area contributed by atoms with Gasteiger partial charge in [0.1, 0.15) is 5.82 Å². The highest BCUT2D eigenvalue weighted by molar-refractivity contribution is 5.80. The van der Waals surface area contributed by atoms with Crippen LogP contribution in [0.5, 0.6) is 0 Å². The average Bonchev–Trinajstić information content (AvgIpc) is 2.33. The highest BCUT2D eigenvalue weighted by Crippen LogP contribution is 2.10. The van der Waals surface area contributed by atoms with E-state index in [4.69, 9.17) is 5.73 Å². The number of nitrogens with two attached hydrogens (primary N) is 1. The first-order chi connectivity index (χ1) is 5.27. The molecule has 6 heteroatoms. The number of H-pyrrole nitrogens is 1. The second kappa shape index (κ2) is 1.88. The maximum absolute atomic E-state index is 5.47. The van der Waals surface area contributed by atoms with Crippen molar-refractivity contribution in [3.63, 3.8) is 0 Å². The van der Waals surface area contributed by atoms with Crippen molar-refractivity contribution in [1.29, 1.82) is 0 Å². The lowest BCUT2D eigenvalue weighted by molar-refractivity contribution is 0.938. The highest BCUT2D eigenvalue weighted by atomic mass is 15.3. The van der Waals surface area contributed by atoms with E-state index in [1.807, 2.05) is 0 Å². The summed E-state index contributed by atoms with van der Waals surface area (Å²) >= 11 is 0. The molecule has 11 heavy (non-hydrogen) atoms. The lowest BCUT2D eigenvalue weighted by Gasteiger charge is -1.88. The van der Waals surface area contributed by atoms with Crippen molar-refractivity contribution in [3.05, 3.63) is 5.82 Å². The third-order valence-electron chi connectivity index (χ3n) is 1.32. The van der Waals surface area contributed by atoms with Crippen molar-refractivity contribution in [2.45, 2.75) is 6.92 Å². The van der Waals surface area contributed by atoms with Crippen LogP contribution in [-0.2, 0) is 0 Å². The number of nitrogen functional groups attached to an aromatic ring is 1. The molecule has 56 valence electrons. The van der Waals surface area contributed by atoms with Gasteiger partial charge in [-0.2, -0.15) is 5.10 Å². The molecule has 0 unspecified atom stereocenters. The fraction of sp³-hybridized carbons (Fsp3) is 0.200. The van der Waals surface area contributed by atoms with Crippen LogP contribution in [0.3, 0.4) is 0 Å². The number of anilines is 1. The lowest BCUT2D eigenvalue weighted by Crippen LogP contribution is -1.92. The van der Waals surface area contributed by atoms with Crippen molar-refractivity contribution < 1.29 is 0 Å². The highest BCUT2D eigenvalue weighted by Gasteiger charge is 2.04. The zero-order valence-electron chi connectivity index (χ0n) is 5.87. The molecular weight excluding hydrogens is 144 g/mol. The smallest absolute Gasteiger partial charge is 0.198 e. The summed E-state index contributed by atoms with van der Waals surface area (Å²) in [6, 6.07) is 0. The van der Waals surface area contributed by atoms with Crippen LogP contribution in [0.4, 0.5) is 5.82 Å². The molecule has 2 aromatic heterocycles. The Morgan fingerprint density at radius 2 is 2.18 bits per heavy atom. The number of aromatic nitrogens is 5. The van der Waals surface area contributed by atoms with Gasteiger partial charge in [0.2, 0.25) is 0 Å². The van der Waals surface area contributed by atoms with Crippen molar-refractivity contribution in [1.82, 2.24) is 25.4 Å². The Morgan fingerprint density at radius 3 is 3.00 bits per heavy atom. The molecule has 0 aliphatic heterocycles. The summed E-state index contributed by atoms with van der Waals surface area (Å²) in [6.45, 7) is 1.75. The second-order valence-electron chi connectivity index (χ2n) is 2.17. The van der Waals surface area contributed by atoms with E-state index in [1.165, 1.54) is 0 Å². The number of hydrogen-bond donors (Lipinski definition) is 2. The number of fused-ring (bicyclic) bond motifs is 1. The molecule has 0 aliphatic carbocycles. The average molecular weight is 150 g/mol. The van der Waals surface area contributed by atoms with Gasteiger partial charge in [-0.3, -0.25) is 5.10 Å². The number of aryl methyl sites for hydroxylation is 1. The van der Waals surface area contributed by atoms with E-state index >= 15 is 0 Å². The van der Waals surface area contributed by atoms with Gasteiger partial charge in [-0.05, 0) is 6.92 Å². The van der Waals surface area contributed by atoms with Crippen LogP contribution in [0.1, 0.15) is 5.82 Å². The molecular formula is C5H6N6. The molecule has 6 nitrogen and oxygen atoms in total. The molecule has 2 rings (SSSR count). The van der Waals surface area contributed by atoms with Gasteiger partial charge in [-0.15, -0.1) is 10.2 Å². The molecule has 0 saturated heterocycles. The molecule has 0 aliphatic rings. The van der Waals surface area contributed by atoms with Gasteiger partial charge in [-0.25, -0.2) is 4.98 Å². The third kappa shape index (κ3) is 0.794. The van der Waals surface area contributed by atoms with Crippen LogP contribution in [0.2, 0.25) is 0 Å². The predicted octanol–water partition coefficient (Wildman–Crippen LogP) is -0.361. The summed E-state index contributed by atoms with van der Waals surface area (Å²) in [4.78, 5) is 4.04.